The molecule has 10 nitrogen and oxygen atoms in total. The predicted octanol–water partition coefficient (Wildman–Crippen LogP) is 5.48. The summed E-state index contributed by atoms with van der Waals surface area (Å²) < 4.78 is 19.1. The number of carbonyl (C=O) groups is 2. The summed E-state index contributed by atoms with van der Waals surface area (Å²) in [7, 11) is 4.69. The van der Waals surface area contributed by atoms with Crippen LogP contribution in [0.1, 0.15) is 43.4 Å². The van der Waals surface area contributed by atoms with E-state index < -0.39 is 0 Å². The zero-order valence-corrected chi connectivity index (χ0v) is 25.9. The second kappa shape index (κ2) is 14.0. The molecular weight excluding hydrogens is 572 g/mol. The van der Waals surface area contributed by atoms with E-state index in [0.717, 1.165) is 28.1 Å². The minimum absolute atomic E-state index is 0.111. The van der Waals surface area contributed by atoms with Gasteiger partial charge in [-0.2, -0.15) is 0 Å². The van der Waals surface area contributed by atoms with Crippen LogP contribution >= 0.6 is 0 Å². The first-order valence-electron chi connectivity index (χ1n) is 14.9. The molecule has 0 unspecified atom stereocenters. The Morgan fingerprint density at radius 3 is 2.42 bits per heavy atom. The molecule has 1 aliphatic carbocycles. The number of anilines is 2. The van der Waals surface area contributed by atoms with Crippen molar-refractivity contribution in [1.29, 1.82) is 0 Å². The van der Waals surface area contributed by atoms with Crippen LogP contribution in [0.4, 0.5) is 11.4 Å². The third-order valence-corrected chi connectivity index (χ3v) is 7.84. The van der Waals surface area contributed by atoms with Crippen molar-refractivity contribution in [2.75, 3.05) is 38.5 Å². The summed E-state index contributed by atoms with van der Waals surface area (Å²) in [5.41, 5.74) is 5.03. The lowest BCUT2D eigenvalue weighted by atomic mass is 9.95. The van der Waals surface area contributed by atoms with Crippen LogP contribution in [0.15, 0.2) is 77.9 Å². The zero-order valence-electron chi connectivity index (χ0n) is 25.9. The molecule has 3 N–H and O–H groups in total. The Kier molecular flexibility index (Phi) is 9.72. The fourth-order valence-corrected chi connectivity index (χ4v) is 5.80. The van der Waals surface area contributed by atoms with Crippen LogP contribution in [0.3, 0.4) is 0 Å². The van der Waals surface area contributed by atoms with Gasteiger partial charge in [-0.05, 0) is 84.5 Å². The number of rotatable bonds is 11. The van der Waals surface area contributed by atoms with Crippen molar-refractivity contribution in [2.45, 2.75) is 38.6 Å². The molecule has 4 aromatic rings. The molecule has 1 atom stereocenters. The van der Waals surface area contributed by atoms with Gasteiger partial charge in [0.05, 0.1) is 33.1 Å². The van der Waals surface area contributed by atoms with Gasteiger partial charge in [0.25, 0.3) is 0 Å². The van der Waals surface area contributed by atoms with Crippen LogP contribution in [0.5, 0.6) is 17.2 Å². The number of hydrogen-bond donors (Lipinski definition) is 3. The third kappa shape index (κ3) is 6.95. The van der Waals surface area contributed by atoms with Crippen molar-refractivity contribution in [3.63, 3.8) is 0 Å². The van der Waals surface area contributed by atoms with E-state index in [0.29, 0.717) is 54.3 Å². The highest BCUT2D eigenvalue weighted by atomic mass is 16.5. The second-order valence-electron chi connectivity index (χ2n) is 10.8. The Balaban J connectivity index is 1.36. The van der Waals surface area contributed by atoms with Gasteiger partial charge in [0, 0.05) is 49.2 Å². The van der Waals surface area contributed by atoms with Crippen LogP contribution in [0.25, 0.3) is 16.8 Å². The molecule has 0 radical (unpaired) electrons. The van der Waals surface area contributed by atoms with Gasteiger partial charge in [0.1, 0.15) is 0 Å². The SMILES string of the molecule is COc1cc2c(c(OC)c1OC)-c1ccc(NCCCC(=O)Nc3cccc(-n4cccc4)c3)c(=O)cc1[C@@H](NC(C)=O)CC2. The summed E-state index contributed by atoms with van der Waals surface area (Å²) in [5, 5.41) is 9.18. The summed E-state index contributed by atoms with van der Waals surface area (Å²) in [4.78, 5) is 38.3. The van der Waals surface area contributed by atoms with Crippen LogP contribution in [0, 0.1) is 0 Å². The van der Waals surface area contributed by atoms with Crippen molar-refractivity contribution >= 4 is 23.2 Å². The summed E-state index contributed by atoms with van der Waals surface area (Å²) in [6.45, 7) is 1.88. The molecule has 1 aromatic heterocycles. The maximum atomic E-state index is 13.5. The molecule has 1 heterocycles. The lowest BCUT2D eigenvalue weighted by Crippen LogP contribution is -2.26. The zero-order chi connectivity index (χ0) is 31.9. The van der Waals surface area contributed by atoms with Crippen molar-refractivity contribution in [1.82, 2.24) is 9.88 Å². The van der Waals surface area contributed by atoms with E-state index in [1.165, 1.54) is 6.92 Å². The molecule has 0 aliphatic heterocycles. The Bertz CT molecular complexity index is 1750. The van der Waals surface area contributed by atoms with Crippen LogP contribution in [0.2, 0.25) is 0 Å². The van der Waals surface area contributed by atoms with Crippen LogP contribution in [-0.2, 0) is 16.0 Å². The molecule has 0 fully saturated rings. The molecule has 0 saturated heterocycles. The van der Waals surface area contributed by atoms with Crippen LogP contribution < -0.4 is 35.6 Å². The van der Waals surface area contributed by atoms with E-state index in [1.54, 1.807) is 33.5 Å². The molecule has 5 rings (SSSR count). The van der Waals surface area contributed by atoms with Crippen molar-refractivity contribution in [2.24, 2.45) is 0 Å². The Hall–Kier alpha value is -5.25. The smallest absolute Gasteiger partial charge is 0.224 e. The van der Waals surface area contributed by atoms with Gasteiger partial charge < -0.3 is 34.7 Å². The number of benzene rings is 2. The lowest BCUT2D eigenvalue weighted by Gasteiger charge is -2.19. The summed E-state index contributed by atoms with van der Waals surface area (Å²) in [6.07, 6.45) is 5.88. The summed E-state index contributed by atoms with van der Waals surface area (Å²) in [6, 6.07) is 18.3. The number of nitrogens with zero attached hydrogens (tertiary/aromatic N) is 1. The van der Waals surface area contributed by atoms with E-state index in [2.05, 4.69) is 16.0 Å². The number of fused-ring (bicyclic) bond motifs is 3. The van der Waals surface area contributed by atoms with Gasteiger partial charge in [-0.3, -0.25) is 14.4 Å². The third-order valence-electron chi connectivity index (χ3n) is 7.84. The van der Waals surface area contributed by atoms with E-state index in [1.807, 2.05) is 65.5 Å². The minimum Gasteiger partial charge on any atom is -0.493 e. The Labute approximate surface area is 262 Å². The first kappa shape index (κ1) is 31.2. The number of amides is 2. The average Bonchev–Trinajstić information content (AvgIpc) is 3.48. The number of aromatic nitrogens is 1. The van der Waals surface area contributed by atoms with Gasteiger partial charge >= 0.3 is 0 Å². The number of ether oxygens (including phenoxy) is 3. The number of nitrogens with one attached hydrogen (secondary N) is 3. The molecule has 2 amide bonds. The van der Waals surface area contributed by atoms with Crippen LogP contribution in [-0.4, -0.2) is 44.3 Å². The fourth-order valence-electron chi connectivity index (χ4n) is 5.80. The molecule has 0 bridgehead atoms. The normalized spacial score (nSPS) is 13.5. The van der Waals surface area contributed by atoms with Crippen molar-refractivity contribution < 1.29 is 23.8 Å². The second-order valence-corrected chi connectivity index (χ2v) is 10.8. The Morgan fingerprint density at radius 1 is 0.933 bits per heavy atom. The standard InChI is InChI=1S/C35H38N4O6/c1-22(40)37-28-14-12-23-19-31(43-2)34(44-3)35(45-4)33(23)26-13-15-29(30(41)21-27(26)28)36-16-8-11-32(42)38-24-9-7-10-25(20-24)39-17-5-6-18-39/h5-7,9-10,13,15,17-21,28H,8,11-12,14,16H2,1-4H3,(H,36,41)(H,37,40)(H,38,42)/t28-/m0/s1. The molecule has 3 aromatic carbocycles. The monoisotopic (exact) mass is 610 g/mol. The van der Waals surface area contributed by atoms with E-state index in [9.17, 15) is 14.4 Å². The van der Waals surface area contributed by atoms with Gasteiger partial charge in [0.15, 0.2) is 11.5 Å². The highest BCUT2D eigenvalue weighted by Gasteiger charge is 2.29. The summed E-state index contributed by atoms with van der Waals surface area (Å²) in [5.74, 6) is 1.18. The Morgan fingerprint density at radius 2 is 1.71 bits per heavy atom. The largest absolute Gasteiger partial charge is 0.493 e. The topological polar surface area (TPSA) is 120 Å². The molecule has 10 heteroatoms. The van der Waals surface area contributed by atoms with Crippen molar-refractivity contribution in [3.05, 3.63) is 94.4 Å². The molecule has 45 heavy (non-hydrogen) atoms. The van der Waals surface area contributed by atoms with E-state index >= 15 is 0 Å². The average molecular weight is 611 g/mol. The molecular formula is C35H38N4O6. The number of methoxy groups -OCH3 is 3. The fraction of sp³-hybridized carbons (Fsp3) is 0.286. The number of hydrogen-bond acceptors (Lipinski definition) is 7. The molecule has 0 spiro atoms. The lowest BCUT2D eigenvalue weighted by molar-refractivity contribution is -0.119. The first-order chi connectivity index (χ1) is 21.8. The maximum Gasteiger partial charge on any atom is 0.224 e. The van der Waals surface area contributed by atoms with E-state index in [-0.39, 0.29) is 29.7 Å². The number of carbonyl (C=O) groups excluding carboxylic acids is 2. The molecule has 0 saturated carbocycles. The molecule has 1 aliphatic rings. The van der Waals surface area contributed by atoms with Gasteiger partial charge in [-0.15, -0.1) is 0 Å². The number of aryl methyl sites for hydroxylation is 1. The highest BCUT2D eigenvalue weighted by Crippen LogP contribution is 2.50. The summed E-state index contributed by atoms with van der Waals surface area (Å²) >= 11 is 0. The minimum atomic E-state index is -0.390. The van der Waals surface area contributed by atoms with Gasteiger partial charge in [0.2, 0.25) is 23.0 Å². The highest BCUT2D eigenvalue weighted by molar-refractivity contribution is 5.91. The van der Waals surface area contributed by atoms with Gasteiger partial charge in [-0.25, -0.2) is 0 Å². The maximum absolute atomic E-state index is 13.5. The first-order valence-corrected chi connectivity index (χ1v) is 14.9. The molecule has 234 valence electrons. The van der Waals surface area contributed by atoms with E-state index in [4.69, 9.17) is 14.2 Å². The quantitative estimate of drug-likeness (QED) is 0.192. The van der Waals surface area contributed by atoms with Crippen molar-refractivity contribution in [3.8, 4) is 34.1 Å². The van der Waals surface area contributed by atoms with Gasteiger partial charge in [-0.1, -0.05) is 12.1 Å². The predicted molar refractivity (Wildman–Crippen MR) is 175 cm³/mol.